The van der Waals surface area contributed by atoms with Crippen molar-refractivity contribution in [3.8, 4) is 0 Å². The van der Waals surface area contributed by atoms with Gasteiger partial charge >= 0.3 is 6.18 Å². The number of alkyl halides is 3. The molecule has 2 rings (SSSR count). The number of hydrogen-bond acceptors (Lipinski definition) is 1. The molecule has 0 aliphatic heterocycles. The number of hydrogen-bond donors (Lipinski definition) is 1. The van der Waals surface area contributed by atoms with Crippen LogP contribution in [0, 0.1) is 11.7 Å². The predicted octanol–water partition coefficient (Wildman–Crippen LogP) is 5.01. The summed E-state index contributed by atoms with van der Waals surface area (Å²) in [5.41, 5.74) is 0.467. The van der Waals surface area contributed by atoms with Crippen molar-refractivity contribution in [2.75, 3.05) is 5.32 Å². The van der Waals surface area contributed by atoms with Crippen molar-refractivity contribution < 1.29 is 17.6 Å². The van der Waals surface area contributed by atoms with Crippen molar-refractivity contribution in [3.63, 3.8) is 0 Å². The van der Waals surface area contributed by atoms with E-state index in [1.807, 2.05) is 0 Å². The summed E-state index contributed by atoms with van der Waals surface area (Å²) in [5, 5.41) is 2.95. The highest BCUT2D eigenvalue weighted by Crippen LogP contribution is 2.38. The average Bonchev–Trinajstić information content (AvgIpc) is 2.33. The lowest BCUT2D eigenvalue weighted by Gasteiger charge is -2.31. The average molecular weight is 296 g/mol. The Morgan fingerprint density at radius 2 is 1.95 bits per heavy atom. The van der Waals surface area contributed by atoms with Gasteiger partial charge in [-0.3, -0.25) is 0 Å². The van der Waals surface area contributed by atoms with Gasteiger partial charge in [-0.15, -0.1) is 0 Å². The molecule has 6 heteroatoms. The van der Waals surface area contributed by atoms with Crippen molar-refractivity contribution in [3.05, 3.63) is 29.0 Å². The standard InChI is InChI=1S/C13H14ClF4N/c14-11-5-4-10(7-12(11)15)19-9-3-1-2-8(6-9)13(16,17)18/h4-5,7-9,19H,1-3,6H2. The first kappa shape index (κ1) is 14.4. The fraction of sp³-hybridized carbons (Fsp3) is 0.538. The van der Waals surface area contributed by atoms with Crippen LogP contribution in [0.5, 0.6) is 0 Å². The fourth-order valence-electron chi connectivity index (χ4n) is 2.44. The van der Waals surface area contributed by atoms with E-state index in [9.17, 15) is 17.6 Å². The highest BCUT2D eigenvalue weighted by molar-refractivity contribution is 6.30. The lowest BCUT2D eigenvalue weighted by molar-refractivity contribution is -0.182. The fourth-order valence-corrected chi connectivity index (χ4v) is 2.56. The molecule has 0 aromatic heterocycles. The summed E-state index contributed by atoms with van der Waals surface area (Å²) < 4.78 is 51.2. The third-order valence-corrected chi connectivity index (χ3v) is 3.73. The van der Waals surface area contributed by atoms with Gasteiger partial charge in [0.25, 0.3) is 0 Å². The van der Waals surface area contributed by atoms with Gasteiger partial charge in [0.1, 0.15) is 5.82 Å². The summed E-state index contributed by atoms with van der Waals surface area (Å²) in [6.07, 6.45) is -2.75. The van der Waals surface area contributed by atoms with Crippen molar-refractivity contribution >= 4 is 17.3 Å². The first-order valence-electron chi connectivity index (χ1n) is 6.14. The van der Waals surface area contributed by atoms with Crippen molar-refractivity contribution in [2.24, 2.45) is 5.92 Å². The molecular weight excluding hydrogens is 282 g/mol. The van der Waals surface area contributed by atoms with Crippen LogP contribution < -0.4 is 5.32 Å². The number of anilines is 1. The molecular formula is C13H14ClF4N. The van der Waals surface area contributed by atoms with Gasteiger partial charge in [-0.1, -0.05) is 18.0 Å². The molecule has 106 valence electrons. The Hall–Kier alpha value is -0.970. The maximum atomic E-state index is 13.2. The first-order chi connectivity index (χ1) is 8.86. The SMILES string of the molecule is Fc1cc(NC2CCCC(C(F)(F)F)C2)ccc1Cl. The molecule has 0 radical (unpaired) electrons. The largest absolute Gasteiger partial charge is 0.391 e. The molecule has 1 aromatic carbocycles. The van der Waals surface area contributed by atoms with E-state index in [-0.39, 0.29) is 23.9 Å². The molecule has 1 saturated carbocycles. The van der Waals surface area contributed by atoms with Crippen LogP contribution in [-0.4, -0.2) is 12.2 Å². The Morgan fingerprint density at radius 1 is 1.21 bits per heavy atom. The molecule has 2 unspecified atom stereocenters. The van der Waals surface area contributed by atoms with Crippen LogP contribution in [-0.2, 0) is 0 Å². The Bertz CT molecular complexity index is 447. The maximum Gasteiger partial charge on any atom is 0.391 e. The van der Waals surface area contributed by atoms with Gasteiger partial charge in [0, 0.05) is 11.7 Å². The second-order valence-corrected chi connectivity index (χ2v) is 5.28. The number of halogens is 5. The molecule has 0 bridgehead atoms. The van der Waals surface area contributed by atoms with Gasteiger partial charge < -0.3 is 5.32 Å². The lowest BCUT2D eigenvalue weighted by atomic mass is 9.85. The van der Waals surface area contributed by atoms with Crippen LogP contribution >= 0.6 is 11.6 Å². The van der Waals surface area contributed by atoms with E-state index in [0.717, 1.165) is 0 Å². The van der Waals surface area contributed by atoms with Crippen LogP contribution in [0.4, 0.5) is 23.2 Å². The van der Waals surface area contributed by atoms with E-state index in [2.05, 4.69) is 5.32 Å². The lowest BCUT2D eigenvalue weighted by Crippen LogP contribution is -2.34. The minimum Gasteiger partial charge on any atom is -0.382 e. The smallest absolute Gasteiger partial charge is 0.382 e. The molecule has 0 saturated heterocycles. The van der Waals surface area contributed by atoms with Crippen LogP contribution in [0.25, 0.3) is 0 Å². The van der Waals surface area contributed by atoms with Crippen molar-refractivity contribution in [1.82, 2.24) is 0 Å². The zero-order valence-corrected chi connectivity index (χ0v) is 10.9. The van der Waals surface area contributed by atoms with Gasteiger partial charge in [0.2, 0.25) is 0 Å². The van der Waals surface area contributed by atoms with Gasteiger partial charge in [0.15, 0.2) is 0 Å². The molecule has 0 amide bonds. The van der Waals surface area contributed by atoms with E-state index in [1.165, 1.54) is 12.1 Å². The molecule has 1 aromatic rings. The Balaban J connectivity index is 2.00. The summed E-state index contributed by atoms with van der Waals surface area (Å²) in [5.74, 6) is -1.84. The highest BCUT2D eigenvalue weighted by atomic mass is 35.5. The molecule has 2 atom stereocenters. The monoisotopic (exact) mass is 295 g/mol. The van der Waals surface area contributed by atoms with E-state index in [1.54, 1.807) is 6.07 Å². The molecule has 1 fully saturated rings. The number of benzene rings is 1. The number of nitrogens with one attached hydrogen (secondary N) is 1. The Kier molecular flexibility index (Phi) is 4.23. The third kappa shape index (κ3) is 3.75. The van der Waals surface area contributed by atoms with Crippen molar-refractivity contribution in [1.29, 1.82) is 0 Å². The summed E-state index contributed by atoms with van der Waals surface area (Å²) in [6, 6.07) is 3.90. The number of rotatable bonds is 2. The summed E-state index contributed by atoms with van der Waals surface area (Å²) >= 11 is 5.55. The Labute approximate surface area is 113 Å². The van der Waals surface area contributed by atoms with Crippen LogP contribution in [0.15, 0.2) is 18.2 Å². The molecule has 0 spiro atoms. The van der Waals surface area contributed by atoms with Gasteiger partial charge in [-0.05, 0) is 37.5 Å². The van der Waals surface area contributed by atoms with Crippen LogP contribution in [0.1, 0.15) is 25.7 Å². The minimum atomic E-state index is -4.15. The van der Waals surface area contributed by atoms with Crippen LogP contribution in [0.2, 0.25) is 5.02 Å². The van der Waals surface area contributed by atoms with E-state index in [4.69, 9.17) is 11.6 Å². The normalized spacial score (nSPS) is 24.3. The van der Waals surface area contributed by atoms with E-state index in [0.29, 0.717) is 18.5 Å². The van der Waals surface area contributed by atoms with Gasteiger partial charge in [0.05, 0.1) is 10.9 Å². The maximum absolute atomic E-state index is 13.2. The third-order valence-electron chi connectivity index (χ3n) is 3.43. The molecule has 1 aliphatic rings. The van der Waals surface area contributed by atoms with Gasteiger partial charge in [-0.25, -0.2) is 4.39 Å². The molecule has 1 N–H and O–H groups in total. The topological polar surface area (TPSA) is 12.0 Å². The first-order valence-corrected chi connectivity index (χ1v) is 6.52. The predicted molar refractivity (Wildman–Crippen MR) is 66.8 cm³/mol. The minimum absolute atomic E-state index is 0.00219. The molecule has 19 heavy (non-hydrogen) atoms. The van der Waals surface area contributed by atoms with E-state index < -0.39 is 17.9 Å². The van der Waals surface area contributed by atoms with Crippen LogP contribution in [0.3, 0.4) is 0 Å². The van der Waals surface area contributed by atoms with Crippen molar-refractivity contribution in [2.45, 2.75) is 37.9 Å². The zero-order valence-electron chi connectivity index (χ0n) is 10.1. The molecule has 0 heterocycles. The summed E-state index contributed by atoms with van der Waals surface area (Å²) in [6.45, 7) is 0. The summed E-state index contributed by atoms with van der Waals surface area (Å²) in [7, 11) is 0. The zero-order chi connectivity index (χ0) is 14.0. The molecule has 1 aliphatic carbocycles. The second-order valence-electron chi connectivity index (χ2n) is 4.88. The Morgan fingerprint density at radius 3 is 2.58 bits per heavy atom. The quantitative estimate of drug-likeness (QED) is 0.756. The van der Waals surface area contributed by atoms with E-state index >= 15 is 0 Å². The second kappa shape index (κ2) is 5.57. The molecule has 1 nitrogen and oxygen atoms in total. The van der Waals surface area contributed by atoms with Gasteiger partial charge in [-0.2, -0.15) is 13.2 Å². The highest BCUT2D eigenvalue weighted by Gasteiger charge is 2.42. The summed E-state index contributed by atoms with van der Waals surface area (Å²) in [4.78, 5) is 0.